The molecule has 98 heavy (non-hydrogen) atoms. The molecule has 0 saturated carbocycles. The van der Waals surface area contributed by atoms with Crippen molar-refractivity contribution in [1.29, 1.82) is 0 Å². The second kappa shape index (κ2) is 40.0. The number of nitrogens with two attached hydrogens (primary N) is 1. The van der Waals surface area contributed by atoms with E-state index in [0.717, 1.165) is 4.90 Å². The van der Waals surface area contributed by atoms with Crippen LogP contribution < -0.4 is 53.0 Å². The van der Waals surface area contributed by atoms with Crippen molar-refractivity contribution in [2.75, 3.05) is 112 Å². The van der Waals surface area contributed by atoms with E-state index in [9.17, 15) is 72.9 Å². The van der Waals surface area contributed by atoms with Crippen molar-refractivity contribution in [3.05, 3.63) is 23.3 Å². The number of hydrogen-bond acceptors (Lipinski definition) is 22. The van der Waals surface area contributed by atoms with Gasteiger partial charge in [0.2, 0.25) is 70.0 Å². The van der Waals surface area contributed by atoms with Gasteiger partial charge in [0, 0.05) is 96.5 Å². The number of piperidine rings is 1. The lowest BCUT2D eigenvalue weighted by Gasteiger charge is -2.33. The number of carboxylic acid groups (broad SMARTS) is 1. The molecule has 1 aromatic carbocycles. The first-order valence-electron chi connectivity index (χ1n) is 32.7. The highest BCUT2D eigenvalue weighted by Gasteiger charge is 2.45. The van der Waals surface area contributed by atoms with Crippen LogP contribution in [0, 0.1) is 11.8 Å². The Morgan fingerprint density at radius 2 is 1.42 bits per heavy atom. The molecule has 4 aliphatic heterocycles. The molecule has 1 aromatic heterocycles. The quantitative estimate of drug-likeness (QED) is 0.0259. The second-order valence-corrected chi connectivity index (χ2v) is 27.0. The number of thioether (sulfide) groups is 1. The summed E-state index contributed by atoms with van der Waals surface area (Å²) in [6.45, 7) is 5.05. The van der Waals surface area contributed by atoms with E-state index >= 15 is 4.55 Å². The van der Waals surface area contributed by atoms with Gasteiger partial charge in [0.25, 0.3) is 0 Å². The number of fused-ring (bicyclic) bond motifs is 5. The summed E-state index contributed by atoms with van der Waals surface area (Å²) in [7, 11) is 1.44. The standard InChI is InChI=1S/C62H94N12O22S2/c1-5-34(2)53-59(88)66-28-49(80)67-43-33-98(91)61-39(27-42(56(85)65-29-50(81)70-53)69-60(89)54(35(3)45(77)31-75)71-58(87)44-26-36(76)30-74(44)62(90)41(68-57(43)86)7-9-47(63)78)38-6-8-46(92-4)40(55(38)72-61)32-97-37-12-16-73(17-13-37)51(82)14-18-93-20-22-95-24-25-96-23-21-94-19-15-64-48(79)10-11-52(83)84/h6,8,34-37,41-45,53-54,72,75-77H,5,7,9-33H2,1-4H3,(H2,63,78)(H,64,79)(H,65,85)(H,66,88)(H,67,80)(H,68,86)(H,69,89)(H,70,81)(H,71,87)(H,83,84)/t34-,35-,36+,41-,42-,43-,44-,45-,53-,54-,98?/m0/s1. The summed E-state index contributed by atoms with van der Waals surface area (Å²) in [6.07, 6.45) is -3.62. The van der Waals surface area contributed by atoms with Crippen molar-refractivity contribution < 1.29 is 106 Å². The molecule has 2 aromatic rings. The van der Waals surface area contributed by atoms with E-state index in [2.05, 4.69) is 47.5 Å². The Morgan fingerprint density at radius 1 is 0.776 bits per heavy atom. The third kappa shape index (κ3) is 23.9. The number of hydrogen-bond donors (Lipinski definition) is 14. The first-order chi connectivity index (χ1) is 46.8. The number of methoxy groups -OCH3 is 1. The summed E-state index contributed by atoms with van der Waals surface area (Å²) in [4.78, 5) is 169. The monoisotopic (exact) mass is 1420 g/mol. The van der Waals surface area contributed by atoms with Gasteiger partial charge in [-0.2, -0.15) is 11.8 Å². The topological polar surface area (TPSA) is 499 Å². The van der Waals surface area contributed by atoms with E-state index in [1.807, 2.05) is 0 Å². The zero-order chi connectivity index (χ0) is 71.6. The Balaban J connectivity index is 1.25. The van der Waals surface area contributed by atoms with Crippen molar-refractivity contribution in [3.63, 3.8) is 0 Å². The molecule has 1 unspecified atom stereocenters. The molecule has 11 amide bonds. The molecule has 2 saturated heterocycles. The van der Waals surface area contributed by atoms with Crippen LogP contribution in [0.1, 0.15) is 89.7 Å². The van der Waals surface area contributed by atoms with Gasteiger partial charge in [-0.25, -0.2) is 0 Å². The highest BCUT2D eigenvalue weighted by Crippen LogP contribution is 2.39. The van der Waals surface area contributed by atoms with Gasteiger partial charge < -0.3 is 112 Å². The molecule has 11 atom stereocenters. The molecule has 2 bridgehead atoms. The van der Waals surface area contributed by atoms with Crippen molar-refractivity contribution in [2.24, 2.45) is 17.6 Å². The SMILES string of the molecule is CC[C@H](C)[C@@H]1NC(=O)CNC(=O)[C@@H]2Cc3c([nH]c4c(CSC5CCN(C(=O)CCOCCOCCOCCOCCNC(=O)CCC(=O)O)CC5)c(OC)ccc34)[S+]([O-])C[C@H](NC(=O)CNC1=O)C(=O)N[C@@H](CCC(N)=O)C(=O)N1C[C@H](O)C[C@H]1C(=O)N[C@@H]([C@@H](C)[C@@H](O)CO)C(=O)N2. The zero-order valence-electron chi connectivity index (χ0n) is 55.5. The van der Waals surface area contributed by atoms with Gasteiger partial charge in [0.15, 0.2) is 6.04 Å². The maximum Gasteiger partial charge on any atom is 0.303 e. The number of aliphatic hydroxyl groups is 3. The normalized spacial score (nSPS) is 23.8. The maximum atomic E-state index is 15.5. The van der Waals surface area contributed by atoms with Gasteiger partial charge in [-0.1, -0.05) is 27.2 Å². The number of nitrogens with one attached hydrogen (secondary N) is 9. The van der Waals surface area contributed by atoms with Crippen molar-refractivity contribution in [3.8, 4) is 5.75 Å². The highest BCUT2D eigenvalue weighted by molar-refractivity contribution is 7.99. The fourth-order valence-corrected chi connectivity index (χ4v) is 14.0. The van der Waals surface area contributed by atoms with Gasteiger partial charge >= 0.3 is 5.97 Å². The van der Waals surface area contributed by atoms with Crippen molar-refractivity contribution in [1.82, 2.24) is 57.3 Å². The smallest absolute Gasteiger partial charge is 0.303 e. The number of carboxylic acids is 1. The van der Waals surface area contributed by atoms with Gasteiger partial charge in [0.05, 0.1) is 110 Å². The van der Waals surface area contributed by atoms with Crippen LogP contribution in [0.3, 0.4) is 0 Å². The van der Waals surface area contributed by atoms with Crippen molar-refractivity contribution in [2.45, 2.75) is 149 Å². The lowest BCUT2D eigenvalue weighted by molar-refractivity contribution is -0.143. The molecule has 5 heterocycles. The molecule has 0 spiro atoms. The lowest BCUT2D eigenvalue weighted by Crippen LogP contribution is -2.62. The first kappa shape index (κ1) is 79.6. The number of carbonyl (C=O) groups is 12. The highest BCUT2D eigenvalue weighted by atomic mass is 32.2. The van der Waals surface area contributed by atoms with Crippen LogP contribution >= 0.6 is 11.8 Å². The molecule has 0 radical (unpaired) electrons. The largest absolute Gasteiger partial charge is 0.610 e. The molecular weight excluding hydrogens is 1330 g/mol. The molecule has 36 heteroatoms. The van der Waals surface area contributed by atoms with Crippen LogP contribution in [-0.2, 0) is 99.8 Å². The summed E-state index contributed by atoms with van der Waals surface area (Å²) in [6, 6.07) is -6.69. The maximum absolute atomic E-state index is 15.5. The van der Waals surface area contributed by atoms with Crippen LogP contribution in [-0.4, -0.2) is 276 Å². The third-order valence-corrected chi connectivity index (χ3v) is 20.1. The molecule has 2 fully saturated rings. The fraction of sp³-hybridized carbons (Fsp3) is 0.677. The number of rotatable bonds is 30. The van der Waals surface area contributed by atoms with Gasteiger partial charge in [0.1, 0.15) is 41.7 Å². The summed E-state index contributed by atoms with van der Waals surface area (Å²) < 4.78 is 43.4. The van der Waals surface area contributed by atoms with E-state index in [1.165, 1.54) is 14.0 Å². The number of H-pyrrole nitrogens is 1. The minimum atomic E-state index is -2.45. The van der Waals surface area contributed by atoms with E-state index in [4.69, 9.17) is 34.5 Å². The van der Waals surface area contributed by atoms with E-state index in [0.29, 0.717) is 81.0 Å². The summed E-state index contributed by atoms with van der Waals surface area (Å²) in [5, 5.41) is 61.4. The Bertz CT molecular complexity index is 3100. The lowest BCUT2D eigenvalue weighted by atomic mass is 9.93. The molecule has 34 nitrogen and oxygen atoms in total. The average molecular weight is 1420 g/mol. The van der Waals surface area contributed by atoms with Gasteiger partial charge in [-0.05, 0) is 37.3 Å². The molecule has 15 N–H and O–H groups in total. The van der Waals surface area contributed by atoms with Gasteiger partial charge in [-0.3, -0.25) is 57.5 Å². The number of aromatic amines is 1. The molecule has 546 valence electrons. The predicted octanol–water partition coefficient (Wildman–Crippen LogP) is -4.57. The molecular formula is C62H94N12O22S2. The number of primary amides is 1. The van der Waals surface area contributed by atoms with Crippen LogP contribution in [0.5, 0.6) is 5.75 Å². The fourth-order valence-electron chi connectivity index (χ4n) is 11.4. The van der Waals surface area contributed by atoms with Gasteiger partial charge in [-0.15, -0.1) is 0 Å². The Morgan fingerprint density at radius 3 is 2.05 bits per heavy atom. The molecule has 6 rings (SSSR count). The Hall–Kier alpha value is -7.42. The van der Waals surface area contributed by atoms with Crippen LogP contribution in [0.25, 0.3) is 10.9 Å². The summed E-state index contributed by atoms with van der Waals surface area (Å²) in [5.41, 5.74) is 6.54. The second-order valence-electron chi connectivity index (χ2n) is 24.3. The van der Waals surface area contributed by atoms with E-state index in [-0.39, 0.29) is 85.6 Å². The number of carbonyl (C=O) groups excluding carboxylic acids is 11. The zero-order valence-corrected chi connectivity index (χ0v) is 57.2. The van der Waals surface area contributed by atoms with Crippen molar-refractivity contribution >= 4 is 105 Å². The number of likely N-dealkylation sites (tertiary alicyclic amines) is 1. The third-order valence-electron chi connectivity index (χ3n) is 17.3. The number of aliphatic hydroxyl groups excluding tert-OH is 3. The number of nitrogens with zero attached hydrogens (tertiary/aromatic N) is 2. The molecule has 4 aliphatic rings. The summed E-state index contributed by atoms with van der Waals surface area (Å²) in [5.74, 6) is -12.4. The van der Waals surface area contributed by atoms with Crippen LogP contribution in [0.2, 0.25) is 0 Å². The summed E-state index contributed by atoms with van der Waals surface area (Å²) >= 11 is -0.889. The Kier molecular flexibility index (Phi) is 32.5. The molecule has 0 aliphatic carbocycles. The number of aliphatic carboxylic acids is 1. The predicted molar refractivity (Wildman–Crippen MR) is 350 cm³/mol. The van der Waals surface area contributed by atoms with Crippen LogP contribution in [0.4, 0.5) is 0 Å². The number of ether oxygens (including phenoxy) is 5. The first-order valence-corrected chi connectivity index (χ1v) is 35.1. The minimum absolute atomic E-state index is 0.0188. The van der Waals surface area contributed by atoms with E-state index < -0.39 is 188 Å². The number of aromatic nitrogens is 1. The number of amides is 11. The van der Waals surface area contributed by atoms with E-state index in [1.54, 1.807) is 42.6 Å². The minimum Gasteiger partial charge on any atom is -0.610 e. The number of benzene rings is 1. The Labute approximate surface area is 573 Å². The average Bonchev–Trinajstić information content (AvgIpc) is 1.61. The van der Waals surface area contributed by atoms with Crippen LogP contribution in [0.15, 0.2) is 17.2 Å².